The fourth-order valence-corrected chi connectivity index (χ4v) is 1.44. The molecule has 5 nitrogen and oxygen atoms in total. The first-order valence-corrected chi connectivity index (χ1v) is 6.13. The van der Waals surface area contributed by atoms with E-state index in [1.54, 1.807) is 0 Å². The average Bonchev–Trinajstić information content (AvgIpc) is 2.37. The molecule has 106 valence electrons. The van der Waals surface area contributed by atoms with Crippen molar-refractivity contribution in [3.8, 4) is 5.75 Å². The summed E-state index contributed by atoms with van der Waals surface area (Å²) in [7, 11) is 0. The number of amides is 1. The Morgan fingerprint density at radius 3 is 2.74 bits per heavy atom. The molecule has 6 heteroatoms. The van der Waals surface area contributed by atoms with Crippen molar-refractivity contribution in [2.75, 3.05) is 19.7 Å². The number of benzene rings is 1. The van der Waals surface area contributed by atoms with Gasteiger partial charge in [0.05, 0.1) is 0 Å². The van der Waals surface area contributed by atoms with Gasteiger partial charge in [-0.15, -0.1) is 0 Å². The van der Waals surface area contributed by atoms with Crippen molar-refractivity contribution in [1.29, 1.82) is 0 Å². The molecular formula is C13H19FN2O3. The summed E-state index contributed by atoms with van der Waals surface area (Å²) in [5.74, 6) is -0.153. The first-order chi connectivity index (χ1) is 9.08. The van der Waals surface area contributed by atoms with Crippen LogP contribution in [0.4, 0.5) is 4.39 Å². The van der Waals surface area contributed by atoms with Gasteiger partial charge in [-0.1, -0.05) is 0 Å². The summed E-state index contributed by atoms with van der Waals surface area (Å²) in [5.41, 5.74) is 4.99. The predicted molar refractivity (Wildman–Crippen MR) is 69.2 cm³/mol. The van der Waals surface area contributed by atoms with Gasteiger partial charge in [0.25, 0.3) is 0 Å². The maximum Gasteiger partial charge on any atom is 0.217 e. The molecule has 1 amide bonds. The topological polar surface area (TPSA) is 84.6 Å². The van der Waals surface area contributed by atoms with Gasteiger partial charge < -0.3 is 20.9 Å². The van der Waals surface area contributed by atoms with Crippen molar-refractivity contribution in [3.63, 3.8) is 0 Å². The van der Waals surface area contributed by atoms with Crippen LogP contribution in [0.3, 0.4) is 0 Å². The molecule has 19 heavy (non-hydrogen) atoms. The molecular weight excluding hydrogens is 251 g/mol. The Bertz CT molecular complexity index is 384. The molecule has 0 saturated carbocycles. The molecule has 0 aliphatic rings. The van der Waals surface area contributed by atoms with Crippen molar-refractivity contribution in [1.82, 2.24) is 5.32 Å². The highest BCUT2D eigenvalue weighted by Crippen LogP contribution is 2.11. The highest BCUT2D eigenvalue weighted by atomic mass is 19.1. The van der Waals surface area contributed by atoms with E-state index in [0.717, 1.165) is 0 Å². The van der Waals surface area contributed by atoms with Crippen LogP contribution in [0.2, 0.25) is 0 Å². The summed E-state index contributed by atoms with van der Waals surface area (Å²) in [6, 6.07) is 5.60. The predicted octanol–water partition coefficient (Wildman–Crippen LogP) is 0.420. The van der Waals surface area contributed by atoms with E-state index in [1.165, 1.54) is 24.3 Å². The van der Waals surface area contributed by atoms with Gasteiger partial charge in [0.1, 0.15) is 24.3 Å². The molecule has 0 saturated heterocycles. The van der Waals surface area contributed by atoms with Gasteiger partial charge in [0, 0.05) is 13.0 Å². The zero-order valence-corrected chi connectivity index (χ0v) is 10.6. The van der Waals surface area contributed by atoms with E-state index in [0.29, 0.717) is 31.7 Å². The largest absolute Gasteiger partial charge is 0.491 e. The summed E-state index contributed by atoms with van der Waals surface area (Å²) < 4.78 is 17.9. The van der Waals surface area contributed by atoms with Crippen LogP contribution in [0.15, 0.2) is 24.3 Å². The number of rotatable bonds is 9. The van der Waals surface area contributed by atoms with E-state index >= 15 is 0 Å². The fourth-order valence-electron chi connectivity index (χ4n) is 1.44. The third-order valence-electron chi connectivity index (χ3n) is 2.41. The van der Waals surface area contributed by atoms with E-state index < -0.39 is 6.10 Å². The van der Waals surface area contributed by atoms with Crippen LogP contribution in [0.25, 0.3) is 0 Å². The van der Waals surface area contributed by atoms with Gasteiger partial charge >= 0.3 is 0 Å². The number of nitrogens with two attached hydrogens (primary N) is 1. The van der Waals surface area contributed by atoms with Gasteiger partial charge in [-0.05, 0) is 37.2 Å². The van der Waals surface area contributed by atoms with E-state index in [1.807, 2.05) is 0 Å². The van der Waals surface area contributed by atoms with Crippen molar-refractivity contribution >= 4 is 5.91 Å². The molecule has 1 aromatic carbocycles. The molecule has 1 aromatic rings. The third kappa shape index (κ3) is 7.38. The molecule has 1 unspecified atom stereocenters. The van der Waals surface area contributed by atoms with Crippen molar-refractivity contribution < 1.29 is 19.0 Å². The van der Waals surface area contributed by atoms with E-state index in [2.05, 4.69) is 5.32 Å². The fraction of sp³-hybridized carbons (Fsp3) is 0.462. The number of aliphatic hydroxyl groups is 1. The molecule has 0 bridgehead atoms. The molecule has 4 N–H and O–H groups in total. The summed E-state index contributed by atoms with van der Waals surface area (Å²) >= 11 is 0. The number of nitrogens with one attached hydrogen (secondary N) is 1. The van der Waals surface area contributed by atoms with Gasteiger partial charge in [0.15, 0.2) is 0 Å². The van der Waals surface area contributed by atoms with Gasteiger partial charge in [0.2, 0.25) is 5.91 Å². The minimum absolute atomic E-state index is 0.119. The minimum Gasteiger partial charge on any atom is -0.491 e. The zero-order valence-electron chi connectivity index (χ0n) is 10.6. The van der Waals surface area contributed by atoms with Crippen molar-refractivity contribution in [2.24, 2.45) is 5.73 Å². The molecule has 1 rings (SSSR count). The lowest BCUT2D eigenvalue weighted by Crippen LogP contribution is -2.32. The monoisotopic (exact) mass is 270 g/mol. The van der Waals surface area contributed by atoms with Gasteiger partial charge in [-0.3, -0.25) is 4.79 Å². The van der Waals surface area contributed by atoms with Gasteiger partial charge in [-0.2, -0.15) is 0 Å². The van der Waals surface area contributed by atoms with E-state index in [9.17, 15) is 14.3 Å². The highest BCUT2D eigenvalue weighted by Gasteiger charge is 2.05. The highest BCUT2D eigenvalue weighted by molar-refractivity contribution is 5.73. The molecule has 0 spiro atoms. The second-order valence-corrected chi connectivity index (χ2v) is 4.19. The third-order valence-corrected chi connectivity index (χ3v) is 2.41. The first-order valence-electron chi connectivity index (χ1n) is 6.13. The Morgan fingerprint density at radius 1 is 1.42 bits per heavy atom. The maximum atomic E-state index is 12.6. The van der Waals surface area contributed by atoms with Crippen LogP contribution in [0.5, 0.6) is 5.75 Å². The first kappa shape index (κ1) is 15.4. The number of carbonyl (C=O) groups excluding carboxylic acids is 1. The van der Waals surface area contributed by atoms with Crippen LogP contribution >= 0.6 is 0 Å². The Balaban J connectivity index is 2.09. The number of hydrogen-bond donors (Lipinski definition) is 3. The van der Waals surface area contributed by atoms with Crippen LogP contribution in [0, 0.1) is 5.82 Å². The minimum atomic E-state index is -0.668. The molecule has 1 atom stereocenters. The second kappa shape index (κ2) is 8.44. The summed E-state index contributed by atoms with van der Waals surface area (Å²) in [6.07, 6.45) is 0.300. The maximum absolute atomic E-state index is 12.6. The lowest BCUT2D eigenvalue weighted by atomic mass is 10.3. The number of halogens is 1. The Morgan fingerprint density at radius 2 is 2.11 bits per heavy atom. The Labute approximate surface area is 111 Å². The van der Waals surface area contributed by atoms with Crippen molar-refractivity contribution in [3.05, 3.63) is 30.1 Å². The number of primary amides is 1. The standard InChI is InChI=1S/C13H19FN2O3/c14-10-3-5-12(6-4-10)19-9-11(17)8-16-7-1-2-13(15)18/h3-6,11,16-17H,1-2,7-9H2,(H2,15,18). The summed E-state index contributed by atoms with van der Waals surface area (Å²) in [5, 5.41) is 12.6. The quantitative estimate of drug-likeness (QED) is 0.568. The lowest BCUT2D eigenvalue weighted by molar-refractivity contribution is -0.118. The molecule has 0 aliphatic carbocycles. The molecule has 0 aromatic heterocycles. The lowest BCUT2D eigenvalue weighted by Gasteiger charge is -2.13. The van der Waals surface area contributed by atoms with Crippen LogP contribution < -0.4 is 15.8 Å². The molecule has 0 radical (unpaired) electrons. The number of aliphatic hydroxyl groups excluding tert-OH is 1. The Kier molecular flexibility index (Phi) is 6.84. The number of ether oxygens (including phenoxy) is 1. The number of hydrogen-bond acceptors (Lipinski definition) is 4. The number of carbonyl (C=O) groups is 1. The van der Waals surface area contributed by atoms with Gasteiger partial charge in [-0.25, -0.2) is 4.39 Å². The van der Waals surface area contributed by atoms with Crippen LogP contribution in [0.1, 0.15) is 12.8 Å². The Hall–Kier alpha value is -1.66. The van der Waals surface area contributed by atoms with Crippen LogP contribution in [-0.4, -0.2) is 36.8 Å². The second-order valence-electron chi connectivity index (χ2n) is 4.19. The van der Waals surface area contributed by atoms with Crippen LogP contribution in [-0.2, 0) is 4.79 Å². The van der Waals surface area contributed by atoms with E-state index in [4.69, 9.17) is 10.5 Å². The molecule has 0 heterocycles. The SMILES string of the molecule is NC(=O)CCCNCC(O)COc1ccc(F)cc1. The summed E-state index contributed by atoms with van der Waals surface area (Å²) in [4.78, 5) is 10.5. The zero-order chi connectivity index (χ0) is 14.1. The van der Waals surface area contributed by atoms with Crippen molar-refractivity contribution in [2.45, 2.75) is 18.9 Å². The normalized spacial score (nSPS) is 12.1. The van der Waals surface area contributed by atoms with E-state index in [-0.39, 0.29) is 18.3 Å². The summed E-state index contributed by atoms with van der Waals surface area (Å²) in [6.45, 7) is 1.09. The molecule has 0 aliphatic heterocycles. The molecule has 0 fully saturated rings. The average molecular weight is 270 g/mol. The smallest absolute Gasteiger partial charge is 0.217 e.